The van der Waals surface area contributed by atoms with Gasteiger partial charge in [-0.1, -0.05) is 52.0 Å². The molecule has 4 aromatic rings. The van der Waals surface area contributed by atoms with E-state index >= 15 is 0 Å². The van der Waals surface area contributed by atoms with Crippen LogP contribution in [0.1, 0.15) is 70.9 Å². The number of hydrogen-bond donors (Lipinski definition) is 0. The fraction of sp³-hybridized carbons (Fsp3) is 0.370. The van der Waals surface area contributed by atoms with E-state index in [-0.39, 0.29) is 104 Å². The largest absolute Gasteiger partial charge is 0.748 e. The zero-order valence-electron chi connectivity index (χ0n) is 46.2. The highest BCUT2D eigenvalue weighted by Crippen LogP contribution is 2.54. The van der Waals surface area contributed by atoms with Gasteiger partial charge < -0.3 is 42.0 Å². The molecule has 86 heavy (non-hydrogen) atoms. The Morgan fingerprint density at radius 1 is 0.523 bits per heavy atom. The molecule has 0 N–H and O–H groups in total. The molecule has 3 amide bonds. The Balaban J connectivity index is 1.20. The van der Waals surface area contributed by atoms with Crippen molar-refractivity contribution in [3.8, 4) is 0 Å². The van der Waals surface area contributed by atoms with Gasteiger partial charge in [0.1, 0.15) is 40.5 Å². The molecule has 0 atom stereocenters. The number of allylic oxidation sites excluding steroid dienone is 8. The van der Waals surface area contributed by atoms with E-state index in [0.717, 1.165) is 29.2 Å². The SMILES string of the molecule is CC1(C)/C(=C/C=C2\CC/C(=C\C=C3/N(CCCS(=O)(=O)[O-])c4ccc5c(S(=O)(=O)[O-])cc(S(=O)(=O)[O-])cc5c4C3(C)C)C2=[N+]2CCN(C(=O)CCN3C(=O)C=CC3=O)CC2)N(CCCS(=O)(=O)[O-])c2ccc3c(S(=O)(=O)[O-])cc(S(=O)(=O)[O-])cc3c21. The number of benzene rings is 4. The standard InChI is InChI=1S/C54H59N5O21S6/c1-53(2)45(57(20-5-27-81(63,64)65)41-13-11-37-39(50(41)53)29-35(83(69,70)71)31-43(37)85(75,76)77)15-9-33-7-8-34(52(33)56-25-23-55(24-26-56)47(60)19-22-59-48(61)17-18-49(59)62)10-16-46-54(3,4)51-40-30-36(84(72,73)74)32-44(86(78,79)80)38(40)12-14-42(51)58(46)21-6-28-82(66,67)68/h9-18,29-32H,5-8,19-28H2,1-4H3,(H5-,63,64,65,66,67,68,69,70,71,72,73,74,75,76,77,78,79,80)/p-5. The normalized spacial score (nSPS) is 20.3. The molecular weight excluding hydrogens is 1250 g/mol. The third-order valence-electron chi connectivity index (χ3n) is 16.0. The number of nitrogens with zero attached hydrogens (tertiary/aromatic N) is 5. The van der Waals surface area contributed by atoms with E-state index in [1.165, 1.54) is 24.3 Å². The van der Waals surface area contributed by atoms with Crippen molar-refractivity contribution in [1.82, 2.24) is 9.80 Å². The lowest BCUT2D eigenvalue weighted by molar-refractivity contribution is -0.537. The van der Waals surface area contributed by atoms with E-state index in [4.69, 9.17) is 0 Å². The number of hydrogen-bond acceptors (Lipinski definition) is 23. The number of imide groups is 1. The zero-order chi connectivity index (χ0) is 63.2. The molecule has 32 heteroatoms. The van der Waals surface area contributed by atoms with E-state index in [2.05, 4.69) is 0 Å². The predicted octanol–water partition coefficient (Wildman–Crippen LogP) is 2.40. The lowest BCUT2D eigenvalue weighted by atomic mass is 9.81. The molecule has 1 aliphatic carbocycles. The highest BCUT2D eigenvalue weighted by atomic mass is 32.2. The molecule has 26 nitrogen and oxygen atoms in total. The predicted molar refractivity (Wildman–Crippen MR) is 302 cm³/mol. The Kier molecular flexibility index (Phi) is 16.8. The molecule has 5 aliphatic rings. The molecule has 0 bridgehead atoms. The third kappa shape index (κ3) is 12.7. The van der Waals surface area contributed by atoms with Gasteiger partial charge in [-0.25, -0.2) is 55.1 Å². The first kappa shape index (κ1) is 63.9. The number of amides is 3. The fourth-order valence-corrected chi connectivity index (χ4v) is 15.9. The van der Waals surface area contributed by atoms with Gasteiger partial charge >= 0.3 is 0 Å². The Hall–Kier alpha value is -6.56. The Labute approximate surface area is 496 Å². The summed E-state index contributed by atoms with van der Waals surface area (Å²) in [5.41, 5.74) is 1.36. The van der Waals surface area contributed by atoms with Gasteiger partial charge in [0.2, 0.25) is 11.6 Å². The highest BCUT2D eigenvalue weighted by Gasteiger charge is 2.44. The number of fused-ring (bicyclic) bond motifs is 6. The van der Waals surface area contributed by atoms with Crippen LogP contribution in [0.4, 0.5) is 11.4 Å². The minimum Gasteiger partial charge on any atom is -0.748 e. The van der Waals surface area contributed by atoms with Crippen LogP contribution in [0.25, 0.3) is 21.5 Å². The van der Waals surface area contributed by atoms with Crippen LogP contribution in [-0.2, 0) is 85.9 Å². The average Bonchev–Trinajstić information content (AvgIpc) is 1.52. The number of anilines is 2. The van der Waals surface area contributed by atoms with Crippen LogP contribution >= 0.6 is 0 Å². The van der Waals surface area contributed by atoms with Gasteiger partial charge in [0.15, 0.2) is 13.1 Å². The van der Waals surface area contributed by atoms with Crippen LogP contribution in [0.3, 0.4) is 0 Å². The smallest absolute Gasteiger partial charge is 0.253 e. The monoisotopic (exact) mass is 1300 g/mol. The van der Waals surface area contributed by atoms with Gasteiger partial charge in [-0.15, -0.1) is 0 Å². The minimum absolute atomic E-state index is 0.0918. The van der Waals surface area contributed by atoms with Crippen molar-refractivity contribution >= 4 is 117 Å². The number of carbonyl (C=O) groups excluding carboxylic acids is 3. The summed E-state index contributed by atoms with van der Waals surface area (Å²) in [7, 11) is -31.1. The summed E-state index contributed by atoms with van der Waals surface area (Å²) in [5, 5.41) is -0.600. The first-order valence-corrected chi connectivity index (χ1v) is 35.2. The summed E-state index contributed by atoms with van der Waals surface area (Å²) >= 11 is 0. The summed E-state index contributed by atoms with van der Waals surface area (Å²) in [6.07, 6.45) is 9.15. The Morgan fingerprint density at radius 2 is 0.919 bits per heavy atom. The highest BCUT2D eigenvalue weighted by molar-refractivity contribution is 7.87. The molecule has 0 unspecified atom stereocenters. The van der Waals surface area contributed by atoms with E-state index in [1.807, 2.05) is 4.58 Å². The summed E-state index contributed by atoms with van der Waals surface area (Å²) < 4.78 is 224. The van der Waals surface area contributed by atoms with E-state index in [9.17, 15) is 92.2 Å². The number of carbonyl (C=O) groups is 3. The molecule has 9 rings (SSSR count). The van der Waals surface area contributed by atoms with Gasteiger partial charge in [0.25, 0.3) is 11.8 Å². The van der Waals surface area contributed by atoms with Gasteiger partial charge in [-0.05, 0) is 107 Å². The molecule has 1 saturated carbocycles. The van der Waals surface area contributed by atoms with Crippen molar-refractivity contribution in [3.63, 3.8) is 0 Å². The first-order chi connectivity index (χ1) is 39.7. The van der Waals surface area contributed by atoms with Gasteiger partial charge in [0, 0.05) is 94.5 Å². The van der Waals surface area contributed by atoms with Crippen molar-refractivity contribution in [2.75, 3.05) is 67.1 Å². The molecule has 462 valence electrons. The van der Waals surface area contributed by atoms with Crippen molar-refractivity contribution in [1.29, 1.82) is 0 Å². The second-order valence-corrected chi connectivity index (χ2v) is 30.7. The molecule has 0 aromatic heterocycles. The fourth-order valence-electron chi connectivity index (χ4n) is 12.3. The molecular formula is C54H54N5O21S6-5. The lowest BCUT2D eigenvalue weighted by Crippen LogP contribution is -2.47. The maximum Gasteiger partial charge on any atom is 0.253 e. The van der Waals surface area contributed by atoms with Gasteiger partial charge in [0.05, 0.1) is 52.9 Å². The summed E-state index contributed by atoms with van der Waals surface area (Å²) in [6.45, 7) is 7.07. The maximum atomic E-state index is 13.6. The molecule has 4 heterocycles. The summed E-state index contributed by atoms with van der Waals surface area (Å²) in [4.78, 5) is 39.9. The van der Waals surface area contributed by atoms with Crippen molar-refractivity contribution < 1.29 is 96.8 Å². The van der Waals surface area contributed by atoms with E-state index in [0.29, 0.717) is 64.6 Å². The second kappa shape index (κ2) is 22.5. The second-order valence-electron chi connectivity index (χ2n) is 22.2. The zero-order valence-corrected chi connectivity index (χ0v) is 51.1. The van der Waals surface area contributed by atoms with E-state index < -0.39 is 114 Å². The maximum absolute atomic E-state index is 13.6. The summed E-state index contributed by atoms with van der Waals surface area (Å²) in [5.74, 6) is -3.06. The quantitative estimate of drug-likeness (QED) is 0.0832. The van der Waals surface area contributed by atoms with Crippen LogP contribution in [0, 0.1) is 0 Å². The lowest BCUT2D eigenvalue weighted by Gasteiger charge is -2.28. The van der Waals surface area contributed by atoms with E-state index in [1.54, 1.807) is 66.7 Å². The minimum atomic E-state index is -5.41. The van der Waals surface area contributed by atoms with Gasteiger partial charge in [-0.2, -0.15) is 0 Å². The van der Waals surface area contributed by atoms with Crippen LogP contribution in [-0.4, -0.2) is 173 Å². The average molecular weight is 1300 g/mol. The molecule has 1 saturated heterocycles. The van der Waals surface area contributed by atoms with Crippen molar-refractivity contribution in [2.24, 2.45) is 0 Å². The Morgan fingerprint density at radius 3 is 1.28 bits per heavy atom. The van der Waals surface area contributed by atoms with Crippen molar-refractivity contribution in [3.05, 3.63) is 119 Å². The first-order valence-electron chi connectivity index (χ1n) is 26.4. The van der Waals surface area contributed by atoms with Crippen LogP contribution in [0.2, 0.25) is 0 Å². The van der Waals surface area contributed by atoms with Crippen LogP contribution < -0.4 is 9.80 Å². The molecule has 0 radical (unpaired) electrons. The summed E-state index contributed by atoms with van der Waals surface area (Å²) in [6, 6.07) is 8.27. The van der Waals surface area contributed by atoms with Gasteiger partial charge in [-0.3, -0.25) is 19.3 Å². The Bertz CT molecular complexity index is 4290. The third-order valence-corrected chi connectivity index (χ3v) is 21.0. The molecule has 4 aromatic carbocycles. The van der Waals surface area contributed by atoms with Crippen LogP contribution in [0.15, 0.2) is 127 Å². The molecule has 2 fully saturated rings. The van der Waals surface area contributed by atoms with Crippen LogP contribution in [0.5, 0.6) is 0 Å². The topological polar surface area (TPSA) is 410 Å². The number of rotatable bonds is 17. The van der Waals surface area contributed by atoms with Crippen molar-refractivity contribution in [2.45, 2.75) is 90.2 Å². The molecule has 4 aliphatic heterocycles. The number of piperazine rings is 1. The molecule has 0 spiro atoms.